The van der Waals surface area contributed by atoms with Crippen LogP contribution in [-0.4, -0.2) is 40.7 Å². The molecule has 5 rings (SSSR count). The number of nitrogens with one attached hydrogen (secondary N) is 3. The van der Waals surface area contributed by atoms with Crippen LogP contribution in [0, 0.1) is 13.8 Å². The smallest absolute Gasteiger partial charge is 0.256 e. The predicted molar refractivity (Wildman–Crippen MR) is 150 cm³/mol. The summed E-state index contributed by atoms with van der Waals surface area (Å²) in [5.74, 6) is -0.382. The van der Waals surface area contributed by atoms with E-state index >= 15 is 0 Å². The van der Waals surface area contributed by atoms with Gasteiger partial charge in [-0.05, 0) is 74.9 Å². The third kappa shape index (κ3) is 4.88. The number of aromatic amines is 1. The van der Waals surface area contributed by atoms with Gasteiger partial charge < -0.3 is 20.5 Å². The molecule has 1 saturated heterocycles. The fraction of sp³-hybridized carbons (Fsp3) is 0.323. The SMILES string of the molecule is CC[C@H](NC(=O)c1ccc2c(c1)C(=Cc1[nH]c(C)c(C(=O)N3CCCCC3)c1C)C(=O)N2)c1ccccc1. The zero-order valence-electron chi connectivity index (χ0n) is 22.2. The molecule has 1 atom stereocenters. The van der Waals surface area contributed by atoms with Gasteiger partial charge in [-0.2, -0.15) is 0 Å². The van der Waals surface area contributed by atoms with Crippen molar-refractivity contribution in [3.05, 3.63) is 87.7 Å². The number of carbonyl (C=O) groups is 3. The van der Waals surface area contributed by atoms with E-state index in [-0.39, 0.29) is 23.8 Å². The van der Waals surface area contributed by atoms with Crippen molar-refractivity contribution in [2.75, 3.05) is 18.4 Å². The van der Waals surface area contributed by atoms with E-state index < -0.39 is 0 Å². The number of anilines is 1. The lowest BCUT2D eigenvalue weighted by molar-refractivity contribution is -0.110. The van der Waals surface area contributed by atoms with Gasteiger partial charge in [-0.1, -0.05) is 37.3 Å². The van der Waals surface area contributed by atoms with Crippen molar-refractivity contribution in [1.82, 2.24) is 15.2 Å². The number of carbonyl (C=O) groups excluding carboxylic acids is 3. The summed E-state index contributed by atoms with van der Waals surface area (Å²) in [6, 6.07) is 15.0. The number of aromatic nitrogens is 1. The largest absolute Gasteiger partial charge is 0.358 e. The second kappa shape index (κ2) is 10.7. The first kappa shape index (κ1) is 25.5. The fourth-order valence-electron chi connectivity index (χ4n) is 5.46. The van der Waals surface area contributed by atoms with Crippen LogP contribution in [0.3, 0.4) is 0 Å². The van der Waals surface area contributed by atoms with E-state index in [9.17, 15) is 14.4 Å². The first-order chi connectivity index (χ1) is 18.4. The molecule has 3 amide bonds. The van der Waals surface area contributed by atoms with Crippen molar-refractivity contribution in [2.24, 2.45) is 0 Å². The van der Waals surface area contributed by atoms with E-state index in [4.69, 9.17) is 0 Å². The predicted octanol–water partition coefficient (Wildman–Crippen LogP) is 5.63. The zero-order valence-corrected chi connectivity index (χ0v) is 22.2. The molecular weight excluding hydrogens is 476 g/mol. The minimum absolute atomic E-state index is 0.0414. The van der Waals surface area contributed by atoms with E-state index in [0.29, 0.717) is 28.0 Å². The van der Waals surface area contributed by atoms with Gasteiger partial charge in [0.15, 0.2) is 0 Å². The van der Waals surface area contributed by atoms with Crippen molar-refractivity contribution in [2.45, 2.75) is 52.5 Å². The highest BCUT2D eigenvalue weighted by atomic mass is 16.2. The fourth-order valence-corrected chi connectivity index (χ4v) is 5.46. The van der Waals surface area contributed by atoms with Crippen LogP contribution in [0.2, 0.25) is 0 Å². The van der Waals surface area contributed by atoms with Gasteiger partial charge in [-0.15, -0.1) is 0 Å². The van der Waals surface area contributed by atoms with E-state index in [2.05, 4.69) is 15.6 Å². The number of H-pyrrole nitrogens is 1. The Kier molecular flexibility index (Phi) is 7.18. The molecular formula is C31H34N4O3. The molecule has 0 spiro atoms. The third-order valence-corrected chi connectivity index (χ3v) is 7.60. The van der Waals surface area contributed by atoms with Crippen LogP contribution in [0.25, 0.3) is 11.6 Å². The Morgan fingerprint density at radius 3 is 2.50 bits per heavy atom. The number of aryl methyl sites for hydroxylation is 1. The topological polar surface area (TPSA) is 94.3 Å². The second-order valence-corrected chi connectivity index (χ2v) is 10.1. The number of hydrogen-bond acceptors (Lipinski definition) is 3. The number of benzene rings is 2. The lowest BCUT2D eigenvalue weighted by Gasteiger charge is -2.27. The number of piperidine rings is 1. The molecule has 2 aromatic carbocycles. The monoisotopic (exact) mass is 510 g/mol. The Balaban J connectivity index is 1.43. The molecule has 7 heteroatoms. The number of fused-ring (bicyclic) bond motifs is 1. The van der Waals surface area contributed by atoms with Crippen molar-refractivity contribution < 1.29 is 14.4 Å². The van der Waals surface area contributed by atoms with E-state index in [1.165, 1.54) is 0 Å². The molecule has 3 heterocycles. The van der Waals surface area contributed by atoms with E-state index in [0.717, 1.165) is 61.3 Å². The van der Waals surface area contributed by atoms with Crippen molar-refractivity contribution in [1.29, 1.82) is 0 Å². The van der Waals surface area contributed by atoms with Crippen LogP contribution in [0.15, 0.2) is 48.5 Å². The average molecular weight is 511 g/mol. The molecule has 3 aromatic rings. The van der Waals surface area contributed by atoms with Crippen LogP contribution >= 0.6 is 0 Å². The Bertz CT molecular complexity index is 1410. The summed E-state index contributed by atoms with van der Waals surface area (Å²) in [6.07, 6.45) is 5.77. The number of hydrogen-bond donors (Lipinski definition) is 3. The molecule has 38 heavy (non-hydrogen) atoms. The second-order valence-electron chi connectivity index (χ2n) is 10.1. The summed E-state index contributed by atoms with van der Waals surface area (Å²) in [6.45, 7) is 7.41. The van der Waals surface area contributed by atoms with Gasteiger partial charge in [-0.25, -0.2) is 0 Å². The average Bonchev–Trinajstić information content (AvgIpc) is 3.41. The Hall–Kier alpha value is -4.13. The van der Waals surface area contributed by atoms with Gasteiger partial charge in [0.1, 0.15) is 0 Å². The molecule has 0 bridgehead atoms. The summed E-state index contributed by atoms with van der Waals surface area (Å²) in [5, 5.41) is 6.02. The van der Waals surface area contributed by atoms with Crippen LogP contribution in [0.4, 0.5) is 5.69 Å². The van der Waals surface area contributed by atoms with Gasteiger partial charge in [0.05, 0.1) is 17.2 Å². The number of amides is 3. The van der Waals surface area contributed by atoms with Gasteiger partial charge in [0.2, 0.25) is 0 Å². The minimum Gasteiger partial charge on any atom is -0.358 e. The maximum absolute atomic E-state index is 13.3. The lowest BCUT2D eigenvalue weighted by Crippen LogP contribution is -2.36. The summed E-state index contributed by atoms with van der Waals surface area (Å²) in [4.78, 5) is 44.6. The highest BCUT2D eigenvalue weighted by Crippen LogP contribution is 2.35. The van der Waals surface area contributed by atoms with Crippen molar-refractivity contribution in [3.63, 3.8) is 0 Å². The van der Waals surface area contributed by atoms with Gasteiger partial charge in [0.25, 0.3) is 17.7 Å². The lowest BCUT2D eigenvalue weighted by atomic mass is 10.00. The first-order valence-electron chi connectivity index (χ1n) is 13.4. The molecule has 2 aliphatic heterocycles. The van der Waals surface area contributed by atoms with Gasteiger partial charge in [-0.3, -0.25) is 14.4 Å². The van der Waals surface area contributed by atoms with Crippen LogP contribution < -0.4 is 10.6 Å². The molecule has 0 radical (unpaired) electrons. The molecule has 7 nitrogen and oxygen atoms in total. The maximum Gasteiger partial charge on any atom is 0.256 e. The van der Waals surface area contributed by atoms with Crippen LogP contribution in [-0.2, 0) is 4.79 Å². The highest BCUT2D eigenvalue weighted by molar-refractivity contribution is 6.35. The minimum atomic E-state index is -0.233. The highest BCUT2D eigenvalue weighted by Gasteiger charge is 2.28. The van der Waals surface area contributed by atoms with Crippen LogP contribution in [0.5, 0.6) is 0 Å². The summed E-state index contributed by atoms with van der Waals surface area (Å²) >= 11 is 0. The summed E-state index contributed by atoms with van der Waals surface area (Å²) < 4.78 is 0. The van der Waals surface area contributed by atoms with Crippen molar-refractivity contribution >= 4 is 35.1 Å². The molecule has 3 N–H and O–H groups in total. The maximum atomic E-state index is 13.3. The molecule has 1 aromatic heterocycles. The van der Waals surface area contributed by atoms with E-state index in [1.807, 2.05) is 56.0 Å². The molecule has 1 fully saturated rings. The summed E-state index contributed by atoms with van der Waals surface area (Å²) in [5.41, 5.74) is 6.37. The Morgan fingerprint density at radius 2 is 1.79 bits per heavy atom. The number of likely N-dealkylation sites (tertiary alicyclic amines) is 1. The van der Waals surface area contributed by atoms with Gasteiger partial charge in [0, 0.05) is 41.3 Å². The molecule has 0 aliphatic carbocycles. The Labute approximate surface area is 223 Å². The summed E-state index contributed by atoms with van der Waals surface area (Å²) in [7, 11) is 0. The van der Waals surface area contributed by atoms with E-state index in [1.54, 1.807) is 24.3 Å². The van der Waals surface area contributed by atoms with Gasteiger partial charge >= 0.3 is 0 Å². The normalized spacial score (nSPS) is 16.8. The molecule has 2 aliphatic rings. The molecule has 196 valence electrons. The quantitative estimate of drug-likeness (QED) is 0.375. The molecule has 0 saturated carbocycles. The zero-order chi connectivity index (χ0) is 26.8. The standard InChI is InChI=1S/C31H34N4O3/c1-4-25(21-11-7-5-8-12-21)33-29(36)22-13-14-26-23(17-22)24(30(37)34-26)18-27-19(2)28(20(3)32-27)31(38)35-15-9-6-10-16-35/h5,7-8,11-14,17-18,25,32H,4,6,9-10,15-16H2,1-3H3,(H,33,36)(H,34,37)/t25-/m0/s1. The number of nitrogens with zero attached hydrogens (tertiary/aromatic N) is 1. The third-order valence-electron chi connectivity index (χ3n) is 7.60. The van der Waals surface area contributed by atoms with Crippen LogP contribution in [0.1, 0.15) is 87.4 Å². The number of rotatable bonds is 6. The molecule has 0 unspecified atom stereocenters. The Morgan fingerprint density at radius 1 is 1.05 bits per heavy atom. The van der Waals surface area contributed by atoms with Crippen molar-refractivity contribution in [3.8, 4) is 0 Å². The first-order valence-corrected chi connectivity index (χ1v) is 13.4.